The Morgan fingerprint density at radius 3 is 2.67 bits per heavy atom. The van der Waals surface area contributed by atoms with Gasteiger partial charge in [-0.2, -0.15) is 0 Å². The second-order valence-electron chi connectivity index (χ2n) is 5.78. The molecule has 1 aromatic carbocycles. The van der Waals surface area contributed by atoms with Crippen molar-refractivity contribution < 1.29 is 4.79 Å². The number of nitrogens with one attached hydrogen (secondary N) is 2. The molecule has 1 unspecified atom stereocenters. The van der Waals surface area contributed by atoms with Gasteiger partial charge >= 0.3 is 0 Å². The average molecular weight is 306 g/mol. The van der Waals surface area contributed by atoms with Crippen molar-refractivity contribution in [2.75, 3.05) is 18.8 Å². The van der Waals surface area contributed by atoms with Crippen LogP contribution in [0, 0.1) is 5.92 Å². The van der Waals surface area contributed by atoms with Crippen molar-refractivity contribution >= 4 is 17.7 Å². The molecule has 1 atom stereocenters. The van der Waals surface area contributed by atoms with Gasteiger partial charge in [-0.1, -0.05) is 19.1 Å². The molecule has 0 saturated heterocycles. The SMILES string of the molecule is CCCNC(C)c1ccc(SCC(=O)NCC2CC2)cc1. The summed E-state index contributed by atoms with van der Waals surface area (Å²) in [7, 11) is 0. The van der Waals surface area contributed by atoms with Gasteiger partial charge in [0.1, 0.15) is 0 Å². The maximum absolute atomic E-state index is 11.7. The van der Waals surface area contributed by atoms with Crippen LogP contribution in [0.25, 0.3) is 0 Å². The fourth-order valence-electron chi connectivity index (χ4n) is 2.11. The molecule has 1 aromatic rings. The number of carbonyl (C=O) groups excluding carboxylic acids is 1. The number of rotatable bonds is 9. The van der Waals surface area contributed by atoms with Crippen LogP contribution in [-0.4, -0.2) is 24.7 Å². The maximum atomic E-state index is 11.7. The third kappa shape index (κ3) is 6.10. The van der Waals surface area contributed by atoms with Crippen molar-refractivity contribution in [1.82, 2.24) is 10.6 Å². The normalized spacial score (nSPS) is 15.7. The third-order valence-corrected chi connectivity index (χ3v) is 4.75. The van der Waals surface area contributed by atoms with E-state index in [4.69, 9.17) is 0 Å². The molecule has 1 amide bonds. The average Bonchev–Trinajstić information content (AvgIpc) is 3.33. The van der Waals surface area contributed by atoms with Gasteiger partial charge in [-0.05, 0) is 56.3 Å². The van der Waals surface area contributed by atoms with Gasteiger partial charge in [-0.25, -0.2) is 0 Å². The highest BCUT2D eigenvalue weighted by molar-refractivity contribution is 8.00. The van der Waals surface area contributed by atoms with Crippen molar-refractivity contribution in [3.63, 3.8) is 0 Å². The van der Waals surface area contributed by atoms with Gasteiger partial charge in [0.25, 0.3) is 0 Å². The van der Waals surface area contributed by atoms with E-state index in [2.05, 4.69) is 48.7 Å². The highest BCUT2D eigenvalue weighted by atomic mass is 32.2. The molecule has 2 N–H and O–H groups in total. The van der Waals surface area contributed by atoms with E-state index < -0.39 is 0 Å². The van der Waals surface area contributed by atoms with Gasteiger partial charge in [0.15, 0.2) is 0 Å². The Morgan fingerprint density at radius 2 is 2.05 bits per heavy atom. The molecule has 1 fully saturated rings. The zero-order valence-corrected chi connectivity index (χ0v) is 13.8. The summed E-state index contributed by atoms with van der Waals surface area (Å²) < 4.78 is 0. The lowest BCUT2D eigenvalue weighted by molar-refractivity contribution is -0.118. The van der Waals surface area contributed by atoms with Crippen LogP contribution in [0.5, 0.6) is 0 Å². The number of thioether (sulfide) groups is 1. The van der Waals surface area contributed by atoms with Crippen molar-refractivity contribution in [3.05, 3.63) is 29.8 Å². The summed E-state index contributed by atoms with van der Waals surface area (Å²) in [6.07, 6.45) is 3.70. The fraction of sp³-hybridized carbons (Fsp3) is 0.588. The summed E-state index contributed by atoms with van der Waals surface area (Å²) in [6, 6.07) is 8.90. The van der Waals surface area contributed by atoms with Crippen LogP contribution in [-0.2, 0) is 4.79 Å². The number of benzene rings is 1. The minimum atomic E-state index is 0.147. The van der Waals surface area contributed by atoms with Gasteiger partial charge in [0.05, 0.1) is 5.75 Å². The minimum Gasteiger partial charge on any atom is -0.355 e. The van der Waals surface area contributed by atoms with E-state index in [0.29, 0.717) is 11.8 Å². The maximum Gasteiger partial charge on any atom is 0.230 e. The predicted molar refractivity (Wildman–Crippen MR) is 89.6 cm³/mol. The quantitative estimate of drug-likeness (QED) is 0.687. The van der Waals surface area contributed by atoms with Crippen LogP contribution >= 0.6 is 11.8 Å². The molecule has 116 valence electrons. The molecule has 2 rings (SSSR count). The minimum absolute atomic E-state index is 0.147. The fourth-order valence-corrected chi connectivity index (χ4v) is 2.84. The number of amides is 1. The molecule has 4 heteroatoms. The summed E-state index contributed by atoms with van der Waals surface area (Å²) in [5, 5.41) is 6.48. The van der Waals surface area contributed by atoms with Crippen LogP contribution in [0.3, 0.4) is 0 Å². The molecule has 1 saturated carbocycles. The first-order valence-corrected chi connectivity index (χ1v) is 8.90. The van der Waals surface area contributed by atoms with E-state index in [1.807, 2.05) is 0 Å². The Labute approximate surface area is 132 Å². The van der Waals surface area contributed by atoms with Gasteiger partial charge in [0, 0.05) is 17.5 Å². The molecule has 0 spiro atoms. The lowest BCUT2D eigenvalue weighted by atomic mass is 10.1. The van der Waals surface area contributed by atoms with Crippen molar-refractivity contribution in [2.45, 2.75) is 44.0 Å². The Hall–Kier alpha value is -1.00. The summed E-state index contributed by atoms with van der Waals surface area (Å²) >= 11 is 1.61. The van der Waals surface area contributed by atoms with E-state index in [-0.39, 0.29) is 5.91 Å². The van der Waals surface area contributed by atoms with E-state index in [9.17, 15) is 4.79 Å². The summed E-state index contributed by atoms with van der Waals surface area (Å²) in [5.74, 6) is 1.40. The van der Waals surface area contributed by atoms with Gasteiger partial charge in [-0.3, -0.25) is 4.79 Å². The number of hydrogen-bond donors (Lipinski definition) is 2. The Kier molecular flexibility index (Phi) is 6.58. The molecular formula is C17H26N2OS. The zero-order valence-electron chi connectivity index (χ0n) is 13.0. The predicted octanol–water partition coefficient (Wildman–Crippen LogP) is 3.37. The van der Waals surface area contributed by atoms with Gasteiger partial charge in [0.2, 0.25) is 5.91 Å². The molecule has 3 nitrogen and oxygen atoms in total. The molecule has 21 heavy (non-hydrogen) atoms. The van der Waals surface area contributed by atoms with Crippen LogP contribution in [0.15, 0.2) is 29.2 Å². The van der Waals surface area contributed by atoms with Crippen molar-refractivity contribution in [2.24, 2.45) is 5.92 Å². The number of carbonyl (C=O) groups is 1. The smallest absolute Gasteiger partial charge is 0.230 e. The first kappa shape index (κ1) is 16.4. The molecule has 0 aromatic heterocycles. The molecule has 1 aliphatic carbocycles. The van der Waals surface area contributed by atoms with Crippen LogP contribution in [0.1, 0.15) is 44.7 Å². The lowest BCUT2D eigenvalue weighted by Crippen LogP contribution is -2.27. The molecule has 1 aliphatic rings. The monoisotopic (exact) mass is 306 g/mol. The Balaban J connectivity index is 1.72. The molecule has 0 radical (unpaired) electrons. The first-order valence-electron chi connectivity index (χ1n) is 7.92. The second kappa shape index (κ2) is 8.44. The van der Waals surface area contributed by atoms with Crippen LogP contribution < -0.4 is 10.6 Å². The first-order chi connectivity index (χ1) is 10.2. The van der Waals surface area contributed by atoms with Crippen molar-refractivity contribution in [3.8, 4) is 0 Å². The zero-order chi connectivity index (χ0) is 15.1. The molecule has 0 heterocycles. The van der Waals surface area contributed by atoms with E-state index in [1.54, 1.807) is 11.8 Å². The van der Waals surface area contributed by atoms with E-state index in [1.165, 1.54) is 18.4 Å². The molecule has 0 aliphatic heterocycles. The lowest BCUT2D eigenvalue weighted by Gasteiger charge is -2.14. The van der Waals surface area contributed by atoms with Gasteiger partial charge < -0.3 is 10.6 Å². The van der Waals surface area contributed by atoms with Gasteiger partial charge in [-0.15, -0.1) is 11.8 Å². The van der Waals surface area contributed by atoms with Crippen LogP contribution in [0.2, 0.25) is 0 Å². The third-order valence-electron chi connectivity index (χ3n) is 3.74. The number of hydrogen-bond acceptors (Lipinski definition) is 3. The summed E-state index contributed by atoms with van der Waals surface area (Å²) in [6.45, 7) is 6.26. The van der Waals surface area contributed by atoms with E-state index >= 15 is 0 Å². The largest absolute Gasteiger partial charge is 0.355 e. The highest BCUT2D eigenvalue weighted by Crippen LogP contribution is 2.27. The van der Waals surface area contributed by atoms with Crippen LogP contribution in [0.4, 0.5) is 0 Å². The Morgan fingerprint density at radius 1 is 1.33 bits per heavy atom. The summed E-state index contributed by atoms with van der Waals surface area (Å²) in [4.78, 5) is 12.9. The standard InChI is InChI=1S/C17H26N2OS/c1-3-10-18-13(2)15-6-8-16(9-7-15)21-12-17(20)19-11-14-4-5-14/h6-9,13-14,18H,3-5,10-12H2,1-2H3,(H,19,20). The van der Waals surface area contributed by atoms with Crippen molar-refractivity contribution in [1.29, 1.82) is 0 Å². The Bertz CT molecular complexity index is 443. The second-order valence-corrected chi connectivity index (χ2v) is 6.83. The van der Waals surface area contributed by atoms with E-state index in [0.717, 1.165) is 30.3 Å². The molecular weight excluding hydrogens is 280 g/mol. The summed E-state index contributed by atoms with van der Waals surface area (Å²) in [5.41, 5.74) is 1.30. The molecule has 0 bridgehead atoms. The topological polar surface area (TPSA) is 41.1 Å². The highest BCUT2D eigenvalue weighted by Gasteiger charge is 2.21.